The summed E-state index contributed by atoms with van der Waals surface area (Å²) in [5.74, 6) is 0.161. The summed E-state index contributed by atoms with van der Waals surface area (Å²) in [7, 11) is 0. The zero-order chi connectivity index (χ0) is 18.5. The molecule has 0 unspecified atom stereocenters. The van der Waals surface area contributed by atoms with Gasteiger partial charge in [0.2, 0.25) is 0 Å². The van der Waals surface area contributed by atoms with Crippen LogP contribution in [0, 0.1) is 0 Å². The molecule has 1 aromatic carbocycles. The Balaban J connectivity index is 1.41. The molecule has 3 heterocycles. The molecule has 6 heteroatoms. The van der Waals surface area contributed by atoms with Crippen molar-refractivity contribution in [3.05, 3.63) is 48.3 Å². The number of nitrogens with zero attached hydrogens (tertiary/aromatic N) is 4. The minimum absolute atomic E-state index is 0.161. The minimum atomic E-state index is 0.161. The molecule has 2 fully saturated rings. The monoisotopic (exact) mass is 368 g/mol. The molecule has 144 valence electrons. The van der Waals surface area contributed by atoms with E-state index in [1.165, 1.54) is 12.1 Å². The van der Waals surface area contributed by atoms with E-state index < -0.39 is 0 Å². The fraction of sp³-hybridized carbons (Fsp3) is 0.524. The molecule has 4 rings (SSSR count). The Morgan fingerprint density at radius 2 is 1.93 bits per heavy atom. The molecule has 0 saturated carbocycles. The van der Waals surface area contributed by atoms with Crippen molar-refractivity contribution in [3.63, 3.8) is 0 Å². The van der Waals surface area contributed by atoms with E-state index in [0.717, 1.165) is 64.2 Å². The van der Waals surface area contributed by atoms with Crippen molar-refractivity contribution in [3.8, 4) is 0 Å². The summed E-state index contributed by atoms with van der Waals surface area (Å²) in [5, 5.41) is 4.28. The van der Waals surface area contributed by atoms with Crippen molar-refractivity contribution >= 4 is 11.6 Å². The second-order valence-corrected chi connectivity index (χ2v) is 7.35. The van der Waals surface area contributed by atoms with E-state index in [1.54, 1.807) is 6.20 Å². The number of hydrogen-bond acceptors (Lipinski definition) is 4. The number of ether oxygens (including phenoxy) is 1. The Bertz CT molecular complexity index is 723. The van der Waals surface area contributed by atoms with Gasteiger partial charge in [-0.15, -0.1) is 0 Å². The third-order valence-electron chi connectivity index (χ3n) is 5.63. The number of rotatable bonds is 5. The second-order valence-electron chi connectivity index (χ2n) is 7.35. The van der Waals surface area contributed by atoms with E-state index in [0.29, 0.717) is 6.04 Å². The average molecular weight is 368 g/mol. The predicted molar refractivity (Wildman–Crippen MR) is 105 cm³/mol. The van der Waals surface area contributed by atoms with E-state index in [-0.39, 0.29) is 5.91 Å². The number of carbonyl (C=O) groups excluding carboxylic acids is 1. The van der Waals surface area contributed by atoms with E-state index >= 15 is 0 Å². The van der Waals surface area contributed by atoms with Crippen LogP contribution in [0.25, 0.3) is 0 Å². The van der Waals surface area contributed by atoms with Crippen LogP contribution in [0.1, 0.15) is 36.0 Å². The Morgan fingerprint density at radius 1 is 1.11 bits per heavy atom. The van der Waals surface area contributed by atoms with Crippen LogP contribution in [0.15, 0.2) is 42.7 Å². The number of morpholine rings is 1. The first-order chi connectivity index (χ1) is 13.3. The summed E-state index contributed by atoms with van der Waals surface area (Å²) in [6, 6.07) is 10.3. The molecule has 2 aromatic rings. The number of likely N-dealkylation sites (tertiary alicyclic amines) is 1. The van der Waals surface area contributed by atoms with E-state index in [2.05, 4.69) is 27.0 Å². The van der Waals surface area contributed by atoms with Gasteiger partial charge in [-0.1, -0.05) is 0 Å². The lowest BCUT2D eigenvalue weighted by molar-refractivity contribution is 0.0594. The van der Waals surface area contributed by atoms with E-state index in [1.807, 2.05) is 29.1 Å². The van der Waals surface area contributed by atoms with Crippen molar-refractivity contribution in [1.82, 2.24) is 14.7 Å². The standard InChI is InChI=1S/C21H28N4O2/c26-21(18-5-7-19(8-6-18)23-14-16-27-17-15-23)25-12-2-1-4-20(25)9-13-24-11-3-10-22-24/h3,5-8,10-11,20H,1-2,4,9,12-17H2/t20-/m1/s1. The highest BCUT2D eigenvalue weighted by atomic mass is 16.5. The maximum atomic E-state index is 13.1. The molecule has 1 aromatic heterocycles. The van der Waals surface area contributed by atoms with Gasteiger partial charge < -0.3 is 14.5 Å². The molecule has 0 spiro atoms. The lowest BCUT2D eigenvalue weighted by Crippen LogP contribution is -2.44. The third kappa shape index (κ3) is 4.33. The average Bonchev–Trinajstić information content (AvgIpc) is 3.26. The summed E-state index contributed by atoms with van der Waals surface area (Å²) in [5.41, 5.74) is 1.96. The van der Waals surface area contributed by atoms with Gasteiger partial charge in [-0.3, -0.25) is 9.48 Å². The molecule has 2 aliphatic rings. The smallest absolute Gasteiger partial charge is 0.254 e. The van der Waals surface area contributed by atoms with Crippen LogP contribution in [-0.4, -0.2) is 59.5 Å². The van der Waals surface area contributed by atoms with Gasteiger partial charge in [0.25, 0.3) is 5.91 Å². The summed E-state index contributed by atoms with van der Waals surface area (Å²) < 4.78 is 7.37. The van der Waals surface area contributed by atoms with Gasteiger partial charge in [0.15, 0.2) is 0 Å². The van der Waals surface area contributed by atoms with Gasteiger partial charge >= 0.3 is 0 Å². The van der Waals surface area contributed by atoms with Crippen LogP contribution in [-0.2, 0) is 11.3 Å². The molecule has 27 heavy (non-hydrogen) atoms. The Labute approximate surface area is 160 Å². The third-order valence-corrected chi connectivity index (χ3v) is 5.63. The van der Waals surface area contributed by atoms with E-state index in [4.69, 9.17) is 4.74 Å². The van der Waals surface area contributed by atoms with Crippen LogP contribution in [0.2, 0.25) is 0 Å². The lowest BCUT2D eigenvalue weighted by Gasteiger charge is -2.36. The fourth-order valence-electron chi connectivity index (χ4n) is 4.08. The van der Waals surface area contributed by atoms with Crippen LogP contribution in [0.5, 0.6) is 0 Å². The Kier molecular flexibility index (Phi) is 5.72. The van der Waals surface area contributed by atoms with Crippen molar-refractivity contribution in [1.29, 1.82) is 0 Å². The normalized spacial score (nSPS) is 20.7. The molecule has 1 amide bonds. The molecule has 6 nitrogen and oxygen atoms in total. The maximum absolute atomic E-state index is 13.1. The zero-order valence-electron chi connectivity index (χ0n) is 15.8. The number of amides is 1. The first-order valence-corrected chi connectivity index (χ1v) is 10.0. The highest BCUT2D eigenvalue weighted by Crippen LogP contribution is 2.24. The number of anilines is 1. The number of aromatic nitrogens is 2. The fourth-order valence-corrected chi connectivity index (χ4v) is 4.08. The van der Waals surface area contributed by atoms with Gasteiger partial charge in [0, 0.05) is 55.9 Å². The lowest BCUT2D eigenvalue weighted by atomic mass is 9.98. The number of piperidine rings is 1. The van der Waals surface area contributed by atoms with Crippen LogP contribution in [0.4, 0.5) is 5.69 Å². The molecule has 1 atom stereocenters. The van der Waals surface area contributed by atoms with Crippen LogP contribution >= 0.6 is 0 Å². The molecule has 0 radical (unpaired) electrons. The van der Waals surface area contributed by atoms with Gasteiger partial charge in [-0.05, 0) is 56.0 Å². The molecule has 0 aliphatic carbocycles. The second kappa shape index (κ2) is 8.57. The van der Waals surface area contributed by atoms with Gasteiger partial charge in [-0.2, -0.15) is 5.10 Å². The van der Waals surface area contributed by atoms with Crippen molar-refractivity contribution in [2.24, 2.45) is 0 Å². The summed E-state index contributed by atoms with van der Waals surface area (Å²) in [4.78, 5) is 17.5. The topological polar surface area (TPSA) is 50.6 Å². The highest BCUT2D eigenvalue weighted by Gasteiger charge is 2.27. The van der Waals surface area contributed by atoms with Gasteiger partial charge in [-0.25, -0.2) is 0 Å². The van der Waals surface area contributed by atoms with Crippen LogP contribution < -0.4 is 4.90 Å². The van der Waals surface area contributed by atoms with Crippen molar-refractivity contribution in [2.45, 2.75) is 38.3 Å². The molecule has 2 saturated heterocycles. The Morgan fingerprint density at radius 3 is 2.67 bits per heavy atom. The van der Waals surface area contributed by atoms with Crippen LogP contribution in [0.3, 0.4) is 0 Å². The largest absolute Gasteiger partial charge is 0.378 e. The zero-order valence-corrected chi connectivity index (χ0v) is 15.8. The van der Waals surface area contributed by atoms with Crippen molar-refractivity contribution in [2.75, 3.05) is 37.7 Å². The van der Waals surface area contributed by atoms with Gasteiger partial charge in [0.05, 0.1) is 13.2 Å². The van der Waals surface area contributed by atoms with E-state index in [9.17, 15) is 4.79 Å². The maximum Gasteiger partial charge on any atom is 0.254 e. The quantitative estimate of drug-likeness (QED) is 0.814. The minimum Gasteiger partial charge on any atom is -0.378 e. The first-order valence-electron chi connectivity index (χ1n) is 10.0. The first kappa shape index (κ1) is 18.0. The Hall–Kier alpha value is -2.34. The molecular weight excluding hydrogens is 340 g/mol. The molecule has 2 aliphatic heterocycles. The molecule has 0 bridgehead atoms. The molecule has 0 N–H and O–H groups in total. The number of hydrogen-bond donors (Lipinski definition) is 0. The number of benzene rings is 1. The van der Waals surface area contributed by atoms with Gasteiger partial charge in [0.1, 0.15) is 0 Å². The highest BCUT2D eigenvalue weighted by molar-refractivity contribution is 5.94. The SMILES string of the molecule is O=C(c1ccc(N2CCOCC2)cc1)N1CCCC[C@@H]1CCn1cccn1. The summed E-state index contributed by atoms with van der Waals surface area (Å²) in [6.45, 7) is 5.08. The number of carbonyl (C=O) groups is 1. The van der Waals surface area contributed by atoms with Crippen molar-refractivity contribution < 1.29 is 9.53 Å². The predicted octanol–water partition coefficient (Wildman–Crippen LogP) is 2.80. The summed E-state index contributed by atoms with van der Waals surface area (Å²) in [6.07, 6.45) is 8.12. The number of aryl methyl sites for hydroxylation is 1. The molecular formula is C21H28N4O2. The summed E-state index contributed by atoms with van der Waals surface area (Å²) >= 11 is 0.